The van der Waals surface area contributed by atoms with Gasteiger partial charge in [0.1, 0.15) is 11.5 Å². The van der Waals surface area contributed by atoms with Gasteiger partial charge in [-0.25, -0.2) is 0 Å². The molecule has 1 aromatic heterocycles. The van der Waals surface area contributed by atoms with Gasteiger partial charge in [0.2, 0.25) is 0 Å². The van der Waals surface area contributed by atoms with Crippen LogP contribution in [0, 0.1) is 13.8 Å². The van der Waals surface area contributed by atoms with E-state index >= 15 is 0 Å². The summed E-state index contributed by atoms with van der Waals surface area (Å²) in [5, 5.41) is 7.41. The lowest BCUT2D eigenvalue weighted by Gasteiger charge is -2.08. The van der Waals surface area contributed by atoms with Crippen LogP contribution in [0.5, 0.6) is 5.75 Å². The summed E-state index contributed by atoms with van der Waals surface area (Å²) in [6.07, 6.45) is 0.729. The van der Waals surface area contributed by atoms with Gasteiger partial charge in [-0.15, -0.1) is 0 Å². The molecule has 6 nitrogen and oxygen atoms in total. The molecule has 0 saturated heterocycles. The van der Waals surface area contributed by atoms with Crippen molar-refractivity contribution in [1.82, 2.24) is 5.16 Å². The quantitative estimate of drug-likeness (QED) is 0.653. The van der Waals surface area contributed by atoms with E-state index in [-0.39, 0.29) is 0 Å². The van der Waals surface area contributed by atoms with Gasteiger partial charge in [0.15, 0.2) is 5.96 Å². The van der Waals surface area contributed by atoms with Gasteiger partial charge in [-0.3, -0.25) is 4.99 Å². The van der Waals surface area contributed by atoms with Crippen molar-refractivity contribution in [2.75, 3.05) is 19.0 Å². The third-order valence-electron chi connectivity index (χ3n) is 3.25. The molecule has 2 rings (SSSR count). The zero-order valence-electron chi connectivity index (χ0n) is 12.8. The third kappa shape index (κ3) is 3.92. The van der Waals surface area contributed by atoms with Gasteiger partial charge >= 0.3 is 0 Å². The van der Waals surface area contributed by atoms with Crippen molar-refractivity contribution in [2.24, 2.45) is 10.7 Å². The van der Waals surface area contributed by atoms with Gasteiger partial charge in [-0.2, -0.15) is 0 Å². The van der Waals surface area contributed by atoms with E-state index in [0.717, 1.165) is 29.1 Å². The maximum atomic E-state index is 6.06. The van der Waals surface area contributed by atoms with E-state index in [1.807, 2.05) is 19.9 Å². The number of anilines is 1. The highest BCUT2D eigenvalue weighted by atomic mass is 35.5. The molecule has 0 aliphatic rings. The molecule has 0 fully saturated rings. The van der Waals surface area contributed by atoms with Gasteiger partial charge in [0.05, 0.1) is 17.8 Å². The fraction of sp³-hybridized carbons (Fsp3) is 0.333. The van der Waals surface area contributed by atoms with Crippen molar-refractivity contribution in [1.29, 1.82) is 0 Å². The largest absolute Gasteiger partial charge is 0.495 e. The standard InChI is InChI=1S/C15H19ClN4O2/c1-9-12(10(2)22-20-9)6-7-18-15(17)19-11-4-5-14(21-3)13(16)8-11/h4-5,8H,6-7H2,1-3H3,(H3,17,18,19). The number of ether oxygens (including phenoxy) is 1. The summed E-state index contributed by atoms with van der Waals surface area (Å²) in [6.45, 7) is 4.35. The van der Waals surface area contributed by atoms with Crippen LogP contribution in [-0.4, -0.2) is 24.8 Å². The fourth-order valence-corrected chi connectivity index (χ4v) is 2.34. The highest BCUT2D eigenvalue weighted by Gasteiger charge is 2.08. The predicted octanol–water partition coefficient (Wildman–Crippen LogP) is 2.92. The normalized spacial score (nSPS) is 11.5. The highest BCUT2D eigenvalue weighted by Crippen LogP contribution is 2.27. The second-order valence-corrected chi connectivity index (χ2v) is 5.20. The topological polar surface area (TPSA) is 85.7 Å². The molecule has 0 atom stereocenters. The summed E-state index contributed by atoms with van der Waals surface area (Å²) in [5.74, 6) is 1.76. The number of hydrogen-bond donors (Lipinski definition) is 2. The van der Waals surface area contributed by atoms with Crippen molar-refractivity contribution in [3.63, 3.8) is 0 Å². The molecule has 0 radical (unpaired) electrons. The van der Waals surface area contributed by atoms with Gasteiger partial charge in [-0.05, 0) is 38.5 Å². The van der Waals surface area contributed by atoms with E-state index in [4.69, 9.17) is 26.6 Å². The van der Waals surface area contributed by atoms with Crippen molar-refractivity contribution < 1.29 is 9.26 Å². The number of methoxy groups -OCH3 is 1. The SMILES string of the molecule is COc1ccc(NC(N)=NCCc2c(C)noc2C)cc1Cl. The maximum Gasteiger partial charge on any atom is 0.193 e. The van der Waals surface area contributed by atoms with Crippen molar-refractivity contribution in [3.8, 4) is 5.75 Å². The molecule has 0 bridgehead atoms. The number of rotatable bonds is 5. The molecule has 0 unspecified atom stereocenters. The van der Waals surface area contributed by atoms with Crippen LogP contribution in [0.2, 0.25) is 5.02 Å². The zero-order chi connectivity index (χ0) is 16.1. The minimum Gasteiger partial charge on any atom is -0.495 e. The van der Waals surface area contributed by atoms with E-state index in [1.54, 1.807) is 19.2 Å². The number of aromatic nitrogens is 1. The Morgan fingerprint density at radius 1 is 1.45 bits per heavy atom. The van der Waals surface area contributed by atoms with Crippen molar-refractivity contribution in [2.45, 2.75) is 20.3 Å². The van der Waals surface area contributed by atoms with Gasteiger partial charge in [-0.1, -0.05) is 16.8 Å². The Bertz CT molecular complexity index is 663. The van der Waals surface area contributed by atoms with Crippen LogP contribution in [-0.2, 0) is 6.42 Å². The van der Waals surface area contributed by atoms with E-state index in [2.05, 4.69) is 15.5 Å². The third-order valence-corrected chi connectivity index (χ3v) is 3.54. The Labute approximate surface area is 134 Å². The Balaban J connectivity index is 1.94. The number of nitrogens with two attached hydrogens (primary N) is 1. The molecule has 22 heavy (non-hydrogen) atoms. The lowest BCUT2D eigenvalue weighted by molar-refractivity contribution is 0.392. The minimum absolute atomic E-state index is 0.327. The van der Waals surface area contributed by atoms with Crippen LogP contribution in [0.4, 0.5) is 5.69 Å². The summed E-state index contributed by atoms with van der Waals surface area (Å²) in [6, 6.07) is 5.32. The van der Waals surface area contributed by atoms with E-state index in [0.29, 0.717) is 23.3 Å². The summed E-state index contributed by atoms with van der Waals surface area (Å²) >= 11 is 6.06. The number of benzene rings is 1. The first-order valence-electron chi connectivity index (χ1n) is 6.83. The molecule has 1 heterocycles. The minimum atomic E-state index is 0.327. The second-order valence-electron chi connectivity index (χ2n) is 4.79. The Kier molecular flexibility index (Phi) is 5.27. The predicted molar refractivity (Wildman–Crippen MR) is 87.8 cm³/mol. The first-order valence-corrected chi connectivity index (χ1v) is 7.21. The number of nitrogens with zero attached hydrogens (tertiary/aromatic N) is 2. The summed E-state index contributed by atoms with van der Waals surface area (Å²) < 4.78 is 10.2. The van der Waals surface area contributed by atoms with E-state index < -0.39 is 0 Å². The Hall–Kier alpha value is -2.21. The molecule has 0 aliphatic heterocycles. The fourth-order valence-electron chi connectivity index (χ4n) is 2.08. The molecule has 3 N–H and O–H groups in total. The summed E-state index contributed by atoms with van der Waals surface area (Å²) in [4.78, 5) is 4.29. The molecule has 118 valence electrons. The summed E-state index contributed by atoms with van der Waals surface area (Å²) in [7, 11) is 1.57. The van der Waals surface area contributed by atoms with Gasteiger partial charge in [0, 0.05) is 17.8 Å². The average Bonchev–Trinajstić information content (AvgIpc) is 2.79. The molecule has 0 saturated carbocycles. The number of nitrogens with one attached hydrogen (secondary N) is 1. The lowest BCUT2D eigenvalue weighted by Crippen LogP contribution is -2.23. The number of aryl methyl sites for hydroxylation is 2. The van der Waals surface area contributed by atoms with Gasteiger partial charge < -0.3 is 20.3 Å². The van der Waals surface area contributed by atoms with Crippen LogP contribution >= 0.6 is 11.6 Å². The number of halogens is 1. The maximum absolute atomic E-state index is 6.06. The van der Waals surface area contributed by atoms with Gasteiger partial charge in [0.25, 0.3) is 0 Å². The first-order chi connectivity index (χ1) is 10.5. The highest BCUT2D eigenvalue weighted by molar-refractivity contribution is 6.32. The van der Waals surface area contributed by atoms with Crippen molar-refractivity contribution in [3.05, 3.63) is 40.2 Å². The van der Waals surface area contributed by atoms with Crippen LogP contribution in [0.1, 0.15) is 17.0 Å². The Morgan fingerprint density at radius 3 is 2.82 bits per heavy atom. The second kappa shape index (κ2) is 7.17. The van der Waals surface area contributed by atoms with Crippen LogP contribution in [0.3, 0.4) is 0 Å². The molecule has 7 heteroatoms. The average molecular weight is 323 g/mol. The lowest BCUT2D eigenvalue weighted by atomic mass is 10.1. The molecule has 0 spiro atoms. The monoisotopic (exact) mass is 322 g/mol. The van der Waals surface area contributed by atoms with E-state index in [9.17, 15) is 0 Å². The van der Waals surface area contributed by atoms with E-state index in [1.165, 1.54) is 0 Å². The Morgan fingerprint density at radius 2 is 2.23 bits per heavy atom. The number of guanidine groups is 1. The smallest absolute Gasteiger partial charge is 0.193 e. The number of hydrogen-bond acceptors (Lipinski definition) is 4. The molecule has 0 aliphatic carbocycles. The van der Waals surface area contributed by atoms with Crippen LogP contribution in [0.25, 0.3) is 0 Å². The zero-order valence-corrected chi connectivity index (χ0v) is 13.6. The first kappa shape index (κ1) is 16.2. The van der Waals surface area contributed by atoms with Crippen LogP contribution in [0.15, 0.2) is 27.7 Å². The molecule has 0 amide bonds. The van der Waals surface area contributed by atoms with Crippen molar-refractivity contribution >= 4 is 23.2 Å². The molecule has 2 aromatic rings. The molecular weight excluding hydrogens is 304 g/mol. The molecular formula is C15H19ClN4O2. The summed E-state index contributed by atoms with van der Waals surface area (Å²) in [5.41, 5.74) is 8.58. The molecule has 1 aromatic carbocycles. The van der Waals surface area contributed by atoms with Crippen LogP contribution < -0.4 is 15.8 Å². The number of aliphatic imine (C=N–C) groups is 1.